The predicted octanol–water partition coefficient (Wildman–Crippen LogP) is 3.29. The minimum Gasteiger partial charge on any atom is -0.542 e. The number of esters is 1. The van der Waals surface area contributed by atoms with Gasteiger partial charge in [-0.05, 0) is 35.1 Å². The largest absolute Gasteiger partial charge is 0.542 e. The lowest BCUT2D eigenvalue weighted by Gasteiger charge is -2.52. The van der Waals surface area contributed by atoms with Crippen LogP contribution in [0.15, 0.2) is 84.9 Å². The van der Waals surface area contributed by atoms with Gasteiger partial charge in [0.05, 0.1) is 19.6 Å². The van der Waals surface area contributed by atoms with Crippen LogP contribution in [-0.2, 0) is 37.6 Å². The molecule has 250 valence electrons. The molecule has 0 spiro atoms. The third-order valence-corrected chi connectivity index (χ3v) is 9.74. The van der Waals surface area contributed by atoms with E-state index in [9.17, 15) is 27.9 Å². The lowest BCUT2D eigenvalue weighted by Crippen LogP contribution is -2.65. The Labute approximate surface area is 271 Å². The number of nitrogens with one attached hydrogen (secondary N) is 1. The summed E-state index contributed by atoms with van der Waals surface area (Å²) in [7, 11) is 0. The van der Waals surface area contributed by atoms with Crippen LogP contribution < -0.4 is 10.4 Å². The molecule has 3 aliphatic heterocycles. The van der Waals surface area contributed by atoms with E-state index in [1.165, 1.54) is 11.1 Å². The quantitative estimate of drug-likeness (QED) is 0.208. The number of carboxylic acids is 1. The molecule has 1 amide bonds. The molecule has 0 unspecified atom stereocenters. The predicted molar refractivity (Wildman–Crippen MR) is 164 cm³/mol. The van der Waals surface area contributed by atoms with Crippen LogP contribution in [0.5, 0.6) is 0 Å². The summed E-state index contributed by atoms with van der Waals surface area (Å²) in [5.41, 5.74) is 1.76. The van der Waals surface area contributed by atoms with Crippen molar-refractivity contribution in [3.05, 3.63) is 107 Å². The number of carbonyl (C=O) groups excluding carboxylic acids is 3. The summed E-state index contributed by atoms with van der Waals surface area (Å²) in [6.45, 7) is 4.54. The van der Waals surface area contributed by atoms with E-state index >= 15 is 0 Å². The fraction of sp³-hybridized carbons (Fsp3) is 0.417. The number of hydrogen-bond acceptors (Lipinski definition) is 6. The Morgan fingerprint density at radius 1 is 0.851 bits per heavy atom. The van der Waals surface area contributed by atoms with Crippen molar-refractivity contribution >= 4 is 17.8 Å². The summed E-state index contributed by atoms with van der Waals surface area (Å²) in [5, 5.41) is 23.8. The molecule has 3 saturated heterocycles. The molecule has 4 aliphatic rings. The van der Waals surface area contributed by atoms with Crippen molar-refractivity contribution in [2.45, 2.75) is 50.0 Å². The maximum absolute atomic E-state index is 13.7. The Bertz CT molecular complexity index is 1480. The van der Waals surface area contributed by atoms with E-state index < -0.39 is 23.7 Å². The zero-order valence-corrected chi connectivity index (χ0v) is 26.0. The van der Waals surface area contributed by atoms with Crippen LogP contribution in [0.4, 0.5) is 13.2 Å². The molecule has 0 saturated carbocycles. The van der Waals surface area contributed by atoms with Gasteiger partial charge in [0.1, 0.15) is 12.5 Å². The first kappa shape index (κ1) is 34.1. The normalized spacial score (nSPS) is 22.0. The number of carbonyl (C=O) groups is 3. The standard InChI is InChI=1S/C34H38N2O4.C2HF3O2/c37-32(28-22-26-10-7-8-11-27(26)23-28)35-18-9-19-36-20-16-25(17-21-36)31(24-36)40-33(38)34(39,29-12-3-1-4-13-29)30-14-5-2-6-15-30;3-2(4,5)1(6)7/h1-8,10-15,25,28,31,39H,9,16-24H2;(H,6,7)/t25?,31-,36?;/m0./s1. The summed E-state index contributed by atoms with van der Waals surface area (Å²) in [4.78, 5) is 35.3. The second kappa shape index (κ2) is 14.3. The van der Waals surface area contributed by atoms with Crippen LogP contribution >= 0.6 is 0 Å². The summed E-state index contributed by atoms with van der Waals surface area (Å²) in [6.07, 6.45) is -0.835. The summed E-state index contributed by atoms with van der Waals surface area (Å²) in [6, 6.07) is 26.5. The third kappa shape index (κ3) is 7.85. The molecule has 3 heterocycles. The second-order valence-corrected chi connectivity index (χ2v) is 12.7. The number of aliphatic carboxylic acids is 1. The van der Waals surface area contributed by atoms with Crippen molar-refractivity contribution in [2.24, 2.45) is 11.8 Å². The molecule has 2 N–H and O–H groups in total. The Morgan fingerprint density at radius 3 is 1.83 bits per heavy atom. The van der Waals surface area contributed by atoms with Gasteiger partial charge >= 0.3 is 12.1 Å². The molecule has 3 aromatic carbocycles. The number of rotatable bonds is 9. The van der Waals surface area contributed by atoms with E-state index in [0.717, 1.165) is 62.8 Å². The molecular weight excluding hydrogens is 613 g/mol. The zero-order chi connectivity index (χ0) is 33.7. The first-order valence-electron chi connectivity index (χ1n) is 15.9. The van der Waals surface area contributed by atoms with Gasteiger partial charge in [0.2, 0.25) is 11.5 Å². The summed E-state index contributed by atoms with van der Waals surface area (Å²) in [5.74, 6) is -3.10. The first-order chi connectivity index (χ1) is 22.4. The van der Waals surface area contributed by atoms with Gasteiger partial charge in [-0.3, -0.25) is 4.79 Å². The number of aliphatic hydroxyl groups is 1. The Hall–Kier alpha value is -4.22. The summed E-state index contributed by atoms with van der Waals surface area (Å²) < 4.78 is 38.7. The van der Waals surface area contributed by atoms with Crippen LogP contribution in [-0.4, -0.2) is 72.4 Å². The molecule has 2 bridgehead atoms. The Balaban J connectivity index is 0.000000559. The second-order valence-electron chi connectivity index (χ2n) is 12.7. The molecule has 47 heavy (non-hydrogen) atoms. The molecule has 8 nitrogen and oxygen atoms in total. The molecular formula is C36H39F3N2O6. The minimum absolute atomic E-state index is 0.0342. The average molecular weight is 653 g/mol. The van der Waals surface area contributed by atoms with Gasteiger partial charge in [0.25, 0.3) is 0 Å². The smallest absolute Gasteiger partial charge is 0.430 e. The third-order valence-electron chi connectivity index (χ3n) is 9.74. The van der Waals surface area contributed by atoms with Crippen molar-refractivity contribution in [3.8, 4) is 0 Å². The molecule has 0 radical (unpaired) electrons. The van der Waals surface area contributed by atoms with E-state index in [2.05, 4.69) is 17.4 Å². The number of halogens is 3. The minimum atomic E-state index is -5.19. The highest BCUT2D eigenvalue weighted by Crippen LogP contribution is 2.38. The number of alkyl halides is 3. The monoisotopic (exact) mass is 652 g/mol. The van der Waals surface area contributed by atoms with Gasteiger partial charge < -0.3 is 29.5 Å². The molecule has 7 rings (SSSR count). The number of piperidine rings is 3. The molecule has 11 heteroatoms. The SMILES string of the molecule is O=C(NCCC[N+]12CCC(CC1)[C@@H](OC(=O)C(O)(c1ccccc1)c1ccccc1)C2)C1Cc2ccccc2C1.O=C([O-])C(F)(F)F. The van der Waals surface area contributed by atoms with Crippen molar-refractivity contribution in [1.82, 2.24) is 5.32 Å². The number of carboxylic acid groups (broad SMARTS) is 1. The number of ether oxygens (including phenoxy) is 1. The molecule has 0 aromatic heterocycles. The topological polar surface area (TPSA) is 116 Å². The molecule has 1 aliphatic carbocycles. The number of nitrogens with zero attached hydrogens (tertiary/aromatic N) is 1. The van der Waals surface area contributed by atoms with Gasteiger partial charge in [-0.1, -0.05) is 84.9 Å². The summed E-state index contributed by atoms with van der Waals surface area (Å²) >= 11 is 0. The average Bonchev–Trinajstić information content (AvgIpc) is 3.52. The van der Waals surface area contributed by atoms with Crippen molar-refractivity contribution in [2.75, 3.05) is 32.7 Å². The van der Waals surface area contributed by atoms with Crippen LogP contribution in [0.1, 0.15) is 41.5 Å². The fourth-order valence-corrected chi connectivity index (χ4v) is 7.17. The highest BCUT2D eigenvalue weighted by atomic mass is 19.4. The van der Waals surface area contributed by atoms with Crippen molar-refractivity contribution in [3.63, 3.8) is 0 Å². The van der Waals surface area contributed by atoms with Crippen LogP contribution in [0.25, 0.3) is 0 Å². The van der Waals surface area contributed by atoms with Crippen LogP contribution in [0.2, 0.25) is 0 Å². The fourth-order valence-electron chi connectivity index (χ4n) is 7.17. The van der Waals surface area contributed by atoms with Gasteiger partial charge in [-0.2, -0.15) is 13.2 Å². The zero-order valence-electron chi connectivity index (χ0n) is 26.0. The molecule has 3 aromatic rings. The Kier molecular flexibility index (Phi) is 10.4. The van der Waals surface area contributed by atoms with Crippen molar-refractivity contribution in [1.29, 1.82) is 0 Å². The van der Waals surface area contributed by atoms with E-state index in [1.54, 1.807) is 24.3 Å². The highest BCUT2D eigenvalue weighted by Gasteiger charge is 2.50. The van der Waals surface area contributed by atoms with Gasteiger partial charge in [0.15, 0.2) is 6.10 Å². The first-order valence-corrected chi connectivity index (χ1v) is 15.9. The lowest BCUT2D eigenvalue weighted by atomic mass is 9.82. The maximum Gasteiger partial charge on any atom is 0.430 e. The lowest BCUT2D eigenvalue weighted by molar-refractivity contribution is -0.946. The van der Waals surface area contributed by atoms with E-state index in [0.29, 0.717) is 23.6 Å². The van der Waals surface area contributed by atoms with Gasteiger partial charge in [0, 0.05) is 37.6 Å². The highest BCUT2D eigenvalue weighted by molar-refractivity contribution is 5.85. The van der Waals surface area contributed by atoms with Gasteiger partial charge in [-0.15, -0.1) is 0 Å². The number of hydrogen-bond donors (Lipinski definition) is 2. The van der Waals surface area contributed by atoms with E-state index in [-0.39, 0.29) is 17.9 Å². The number of quaternary nitrogens is 1. The number of amides is 1. The van der Waals surface area contributed by atoms with E-state index in [1.807, 2.05) is 48.5 Å². The molecule has 1 atom stereocenters. The molecule has 3 fully saturated rings. The number of fused-ring (bicyclic) bond motifs is 4. The van der Waals surface area contributed by atoms with E-state index in [4.69, 9.17) is 14.6 Å². The number of benzene rings is 3. The van der Waals surface area contributed by atoms with Crippen molar-refractivity contribution < 1.29 is 47.0 Å². The van der Waals surface area contributed by atoms with Crippen LogP contribution in [0, 0.1) is 11.8 Å². The Morgan fingerprint density at radius 2 is 1.34 bits per heavy atom. The van der Waals surface area contributed by atoms with Gasteiger partial charge in [-0.25, -0.2) is 4.79 Å². The van der Waals surface area contributed by atoms with Crippen LogP contribution in [0.3, 0.4) is 0 Å². The maximum atomic E-state index is 13.7.